The van der Waals surface area contributed by atoms with Crippen LogP contribution < -0.4 is 19.9 Å². The number of nitrogens with one attached hydrogen (secondary N) is 1. The minimum atomic E-state index is -1.93. The fraction of sp³-hybridized carbons (Fsp3) is 0.269. The first-order valence-electron chi connectivity index (χ1n) is 22.3. The van der Waals surface area contributed by atoms with Crippen molar-refractivity contribution in [3.8, 4) is 5.75 Å². The molecule has 5 aromatic carbocycles. The van der Waals surface area contributed by atoms with Gasteiger partial charge in [-0.25, -0.2) is 19.7 Å². The fourth-order valence-corrected chi connectivity index (χ4v) is 10.7. The van der Waals surface area contributed by atoms with Crippen LogP contribution in [0.2, 0.25) is 0 Å². The Labute approximate surface area is 382 Å². The summed E-state index contributed by atoms with van der Waals surface area (Å²) in [7, 11) is 0. The Morgan fingerprint density at radius 2 is 1.39 bits per heavy atom. The number of hydrogen-bond donors (Lipinski definition) is 2. The third-order valence-electron chi connectivity index (χ3n) is 13.5. The number of imide groups is 1. The number of ether oxygens (including phenoxy) is 2. The van der Waals surface area contributed by atoms with Gasteiger partial charge in [-0.2, -0.15) is 0 Å². The molecule has 14 nitrogen and oxygen atoms in total. The van der Waals surface area contributed by atoms with Gasteiger partial charge in [0.15, 0.2) is 0 Å². The number of hydrogen-bond acceptors (Lipinski definition) is 11. The van der Waals surface area contributed by atoms with Crippen molar-refractivity contribution >= 4 is 35.5 Å². The molecule has 7 atom stereocenters. The number of cyclic esters (lactones) is 1. The lowest BCUT2D eigenvalue weighted by atomic mass is 9.65. The van der Waals surface area contributed by atoms with Crippen molar-refractivity contribution in [1.29, 1.82) is 0 Å². The summed E-state index contributed by atoms with van der Waals surface area (Å²) >= 11 is 0. The molecule has 14 heteroatoms. The summed E-state index contributed by atoms with van der Waals surface area (Å²) in [5.74, 6) is -2.29. The Morgan fingerprint density at radius 1 is 0.773 bits per heavy atom. The molecule has 4 aliphatic rings. The van der Waals surface area contributed by atoms with E-state index < -0.39 is 65.4 Å². The number of nitrogens with zero attached hydrogens (tertiary/aromatic N) is 6. The second kappa shape index (κ2) is 17.9. The van der Waals surface area contributed by atoms with Crippen LogP contribution in [0.25, 0.3) is 0 Å². The first-order chi connectivity index (χ1) is 32.3. The first kappa shape index (κ1) is 42.5. The number of benzene rings is 5. The van der Waals surface area contributed by atoms with Crippen molar-refractivity contribution in [2.45, 2.75) is 42.6 Å². The summed E-state index contributed by atoms with van der Waals surface area (Å²) in [5, 5.41) is 13.1. The highest BCUT2D eigenvalue weighted by atomic mass is 16.6. The van der Waals surface area contributed by atoms with Gasteiger partial charge in [0.25, 0.3) is 0 Å². The van der Waals surface area contributed by atoms with Gasteiger partial charge in [0.2, 0.25) is 17.8 Å². The van der Waals surface area contributed by atoms with Crippen LogP contribution in [0.4, 0.5) is 16.4 Å². The van der Waals surface area contributed by atoms with Crippen LogP contribution in [-0.2, 0) is 24.5 Å². The van der Waals surface area contributed by atoms with E-state index in [2.05, 4.69) is 15.3 Å². The number of anilines is 2. The van der Waals surface area contributed by atoms with E-state index in [-0.39, 0.29) is 26.3 Å². The lowest BCUT2D eigenvalue weighted by Gasteiger charge is -2.46. The quantitative estimate of drug-likeness (QED) is 0.148. The van der Waals surface area contributed by atoms with Gasteiger partial charge in [-0.3, -0.25) is 19.3 Å². The lowest BCUT2D eigenvalue weighted by Crippen LogP contribution is -2.59. The first-order valence-corrected chi connectivity index (χ1v) is 22.3. The van der Waals surface area contributed by atoms with E-state index in [0.29, 0.717) is 41.6 Å². The second-order valence-electron chi connectivity index (χ2n) is 17.0. The number of esters is 1. The van der Waals surface area contributed by atoms with Gasteiger partial charge < -0.3 is 29.7 Å². The lowest BCUT2D eigenvalue weighted by molar-refractivity contribution is -0.179. The number of urea groups is 1. The summed E-state index contributed by atoms with van der Waals surface area (Å²) in [6, 6.07) is 40.2. The minimum absolute atomic E-state index is 0.0643. The molecule has 4 amide bonds. The van der Waals surface area contributed by atoms with E-state index in [0.717, 1.165) is 21.6 Å². The molecule has 5 heterocycles. The van der Waals surface area contributed by atoms with E-state index in [1.165, 1.54) is 0 Å². The highest BCUT2D eigenvalue weighted by molar-refractivity contribution is 6.24. The van der Waals surface area contributed by atoms with Crippen LogP contribution in [0, 0.1) is 5.92 Å². The average Bonchev–Trinajstić information content (AvgIpc) is 3.83. The molecule has 0 bridgehead atoms. The van der Waals surface area contributed by atoms with Gasteiger partial charge in [0.05, 0.1) is 36.3 Å². The van der Waals surface area contributed by atoms with Crippen LogP contribution in [-0.4, -0.2) is 94.1 Å². The van der Waals surface area contributed by atoms with Crippen LogP contribution in [0.1, 0.15) is 59.0 Å². The van der Waals surface area contributed by atoms with Gasteiger partial charge >= 0.3 is 12.0 Å². The molecule has 334 valence electrons. The SMILES string of the molecule is CC(NC(=O)N1C(=O)C2(c3ccccc31)C(C(=O)N1CCN(c3ncccn3)CC1)C1C(=O)OC(c3ccccc3)C(c3ccccc3)N1C2c1ccccc1OCCO)c1ccccc1. The largest absolute Gasteiger partial charge is 0.491 e. The van der Waals surface area contributed by atoms with E-state index >= 15 is 14.4 Å². The fourth-order valence-electron chi connectivity index (χ4n) is 10.7. The third-order valence-corrected chi connectivity index (χ3v) is 13.5. The predicted molar refractivity (Wildman–Crippen MR) is 245 cm³/mol. The highest BCUT2D eigenvalue weighted by Gasteiger charge is 2.76. The van der Waals surface area contributed by atoms with E-state index in [9.17, 15) is 9.90 Å². The minimum Gasteiger partial charge on any atom is -0.491 e. The molecule has 2 N–H and O–H groups in total. The summed E-state index contributed by atoms with van der Waals surface area (Å²) < 4.78 is 12.9. The number of fused-ring (bicyclic) bond motifs is 3. The number of piperazine rings is 1. The Bertz CT molecular complexity index is 2720. The zero-order valence-corrected chi connectivity index (χ0v) is 36.3. The van der Waals surface area contributed by atoms with E-state index in [1.807, 2.05) is 120 Å². The van der Waals surface area contributed by atoms with Crippen molar-refractivity contribution < 1.29 is 33.8 Å². The molecule has 0 radical (unpaired) electrons. The number of carbonyl (C=O) groups excluding carboxylic acids is 4. The van der Waals surface area contributed by atoms with Gasteiger partial charge in [-0.05, 0) is 47.4 Å². The van der Waals surface area contributed by atoms with Gasteiger partial charge in [-0.15, -0.1) is 0 Å². The standard InChI is InChI=1S/C52H49N7O7/c1-34(35-16-5-2-6-17-35)55-51(64)58-40-24-13-12-23-39(40)52(49(58)63)42(47(61)56-28-30-57(31-29-56)50-53-26-15-27-54-50)44-48(62)66-45(37-20-9-4-10-21-37)43(36-18-7-3-8-19-36)59(44)46(52)38-22-11-14-25-41(38)65-33-32-60/h2-27,34,42-46,60H,28-33H2,1H3,(H,55,64). The van der Waals surface area contributed by atoms with Crippen molar-refractivity contribution in [3.05, 3.63) is 186 Å². The van der Waals surface area contributed by atoms with Crippen molar-refractivity contribution in [1.82, 2.24) is 25.1 Å². The number of para-hydroxylation sites is 2. The second-order valence-corrected chi connectivity index (χ2v) is 17.0. The Balaban J connectivity index is 1.21. The van der Waals surface area contributed by atoms with Gasteiger partial charge in [0.1, 0.15) is 29.9 Å². The summed E-state index contributed by atoms with van der Waals surface area (Å²) in [5.41, 5.74) is 1.63. The maximum atomic E-state index is 16.5. The Hall–Kier alpha value is -7.42. The zero-order chi connectivity index (χ0) is 45.4. The molecule has 6 aromatic rings. The normalized spacial score (nSPS) is 24.1. The van der Waals surface area contributed by atoms with E-state index in [1.54, 1.807) is 59.8 Å². The zero-order valence-electron chi connectivity index (χ0n) is 36.3. The molecular formula is C52H49N7O7. The molecule has 1 aromatic heterocycles. The summed E-state index contributed by atoms with van der Waals surface area (Å²) in [4.78, 5) is 78.8. The van der Waals surface area contributed by atoms with Crippen molar-refractivity contribution in [2.75, 3.05) is 49.2 Å². The average molecular weight is 884 g/mol. The smallest absolute Gasteiger partial charge is 0.329 e. The molecule has 3 saturated heterocycles. The number of aromatic nitrogens is 2. The molecular weight excluding hydrogens is 835 g/mol. The number of aliphatic hydroxyl groups excluding tert-OH is 1. The predicted octanol–water partition coefficient (Wildman–Crippen LogP) is 6.33. The molecule has 4 aliphatic heterocycles. The molecule has 10 rings (SSSR count). The van der Waals surface area contributed by atoms with Crippen molar-refractivity contribution in [3.63, 3.8) is 0 Å². The van der Waals surface area contributed by atoms with Crippen LogP contribution in [0.15, 0.2) is 158 Å². The monoisotopic (exact) mass is 883 g/mol. The van der Waals surface area contributed by atoms with Gasteiger partial charge in [0, 0.05) is 44.1 Å². The summed E-state index contributed by atoms with van der Waals surface area (Å²) in [6.45, 7) is 2.78. The molecule has 66 heavy (non-hydrogen) atoms. The number of amides is 4. The Kier molecular flexibility index (Phi) is 11.5. The molecule has 3 fully saturated rings. The Morgan fingerprint density at radius 3 is 2.09 bits per heavy atom. The van der Waals surface area contributed by atoms with Crippen molar-refractivity contribution in [2.24, 2.45) is 5.92 Å². The molecule has 0 saturated carbocycles. The topological polar surface area (TPSA) is 158 Å². The number of rotatable bonds is 10. The number of aliphatic hydroxyl groups is 1. The van der Waals surface area contributed by atoms with Crippen LogP contribution >= 0.6 is 0 Å². The van der Waals surface area contributed by atoms with Gasteiger partial charge in [-0.1, -0.05) is 127 Å². The van der Waals surface area contributed by atoms with Crippen LogP contribution in [0.5, 0.6) is 5.75 Å². The molecule has 7 unspecified atom stereocenters. The maximum Gasteiger partial charge on any atom is 0.329 e. The number of morpholine rings is 1. The molecule has 0 aliphatic carbocycles. The van der Waals surface area contributed by atoms with E-state index in [4.69, 9.17) is 9.47 Å². The number of carbonyl (C=O) groups is 4. The maximum absolute atomic E-state index is 16.5. The third kappa shape index (κ3) is 7.13. The van der Waals surface area contributed by atoms with Crippen LogP contribution in [0.3, 0.4) is 0 Å². The summed E-state index contributed by atoms with van der Waals surface area (Å²) in [6.07, 6.45) is 2.46. The highest BCUT2D eigenvalue weighted by Crippen LogP contribution is 2.66. The molecule has 1 spiro atoms.